The van der Waals surface area contributed by atoms with E-state index in [4.69, 9.17) is 5.73 Å². The number of carbonyl (C=O) groups excluding carboxylic acids is 1. The lowest BCUT2D eigenvalue weighted by Crippen LogP contribution is -2.13. The molecule has 0 bridgehead atoms. The molecule has 124 valence electrons. The summed E-state index contributed by atoms with van der Waals surface area (Å²) in [4.78, 5) is 15.8. The molecule has 0 amide bonds. The number of pyridine rings is 1. The Morgan fingerprint density at radius 3 is 2.88 bits per heavy atom. The van der Waals surface area contributed by atoms with Gasteiger partial charge in [0.15, 0.2) is 0 Å². The molecule has 1 aliphatic rings. The van der Waals surface area contributed by atoms with Crippen molar-refractivity contribution in [2.24, 2.45) is 5.41 Å². The normalized spacial score (nSPS) is 15.7. The van der Waals surface area contributed by atoms with Gasteiger partial charge in [0.1, 0.15) is 17.6 Å². The molecule has 0 saturated heterocycles. The van der Waals surface area contributed by atoms with Gasteiger partial charge in [-0.15, -0.1) is 0 Å². The quantitative estimate of drug-likeness (QED) is 0.559. The maximum atomic E-state index is 11.3. The van der Waals surface area contributed by atoms with Crippen LogP contribution in [0.5, 0.6) is 0 Å². The molecule has 4 aromatic rings. The third-order valence-electron chi connectivity index (χ3n) is 4.96. The number of rotatable bonds is 4. The van der Waals surface area contributed by atoms with Crippen LogP contribution in [0.25, 0.3) is 33.1 Å². The molecule has 7 nitrogen and oxygen atoms in total. The van der Waals surface area contributed by atoms with E-state index < -0.39 is 0 Å². The minimum absolute atomic E-state index is 0.242. The molecule has 3 aromatic heterocycles. The molecular formula is C18H16N6O. The fourth-order valence-corrected chi connectivity index (χ4v) is 3.28. The van der Waals surface area contributed by atoms with Crippen LogP contribution in [0.2, 0.25) is 0 Å². The molecule has 3 N–H and O–H groups in total. The molecule has 1 fully saturated rings. The third kappa shape index (κ3) is 2.20. The van der Waals surface area contributed by atoms with Gasteiger partial charge in [-0.05, 0) is 31.0 Å². The first-order valence-electron chi connectivity index (χ1n) is 8.20. The van der Waals surface area contributed by atoms with Gasteiger partial charge in [0.25, 0.3) is 0 Å². The van der Waals surface area contributed by atoms with Crippen LogP contribution >= 0.6 is 0 Å². The van der Waals surface area contributed by atoms with Gasteiger partial charge >= 0.3 is 0 Å². The second kappa shape index (κ2) is 4.89. The first kappa shape index (κ1) is 14.2. The van der Waals surface area contributed by atoms with Crippen LogP contribution in [-0.4, -0.2) is 31.2 Å². The number of benzene rings is 1. The molecule has 0 unspecified atom stereocenters. The molecule has 5 rings (SSSR count). The number of aromatic amines is 1. The van der Waals surface area contributed by atoms with E-state index in [0.717, 1.165) is 52.2 Å². The zero-order chi connectivity index (χ0) is 17.0. The summed E-state index contributed by atoms with van der Waals surface area (Å²) in [5.74, 6) is 0.450. The molecular weight excluding hydrogens is 316 g/mol. The van der Waals surface area contributed by atoms with Crippen LogP contribution in [0, 0.1) is 5.41 Å². The summed E-state index contributed by atoms with van der Waals surface area (Å²) < 4.78 is 1.83. The molecule has 1 aromatic carbocycles. The number of aromatic nitrogens is 5. The summed E-state index contributed by atoms with van der Waals surface area (Å²) in [6.45, 7) is 0.596. The molecule has 0 spiro atoms. The lowest BCUT2D eigenvalue weighted by atomic mass is 10.1. The minimum atomic E-state index is -0.242. The Morgan fingerprint density at radius 2 is 2.16 bits per heavy atom. The zero-order valence-corrected chi connectivity index (χ0v) is 13.4. The number of hydrogen-bond acceptors (Lipinski definition) is 5. The summed E-state index contributed by atoms with van der Waals surface area (Å²) in [7, 11) is 0. The second-order valence-electron chi connectivity index (χ2n) is 6.77. The average molecular weight is 332 g/mol. The van der Waals surface area contributed by atoms with Gasteiger partial charge in [-0.3, -0.25) is 9.78 Å². The van der Waals surface area contributed by atoms with Gasteiger partial charge in [-0.25, -0.2) is 4.98 Å². The Hall–Kier alpha value is -3.22. The predicted molar refractivity (Wildman–Crippen MR) is 94.8 cm³/mol. The number of nitrogen functional groups attached to an aromatic ring is 1. The number of carbonyl (C=O) groups is 1. The van der Waals surface area contributed by atoms with Crippen molar-refractivity contribution < 1.29 is 4.79 Å². The summed E-state index contributed by atoms with van der Waals surface area (Å²) >= 11 is 0. The fraction of sp³-hybridized carbons (Fsp3) is 0.222. The van der Waals surface area contributed by atoms with E-state index in [1.54, 1.807) is 6.20 Å². The van der Waals surface area contributed by atoms with Gasteiger partial charge in [-0.1, -0.05) is 6.07 Å². The van der Waals surface area contributed by atoms with Crippen molar-refractivity contribution in [1.29, 1.82) is 0 Å². The minimum Gasteiger partial charge on any atom is -0.383 e. The van der Waals surface area contributed by atoms with Crippen LogP contribution in [-0.2, 0) is 11.3 Å². The van der Waals surface area contributed by atoms with Gasteiger partial charge in [0.2, 0.25) is 0 Å². The van der Waals surface area contributed by atoms with Crippen LogP contribution in [0.15, 0.2) is 36.7 Å². The van der Waals surface area contributed by atoms with Crippen LogP contribution in [0.3, 0.4) is 0 Å². The lowest BCUT2D eigenvalue weighted by molar-refractivity contribution is -0.112. The number of fused-ring (bicyclic) bond motifs is 3. The highest BCUT2D eigenvalue weighted by atomic mass is 16.1. The van der Waals surface area contributed by atoms with Crippen LogP contribution < -0.4 is 5.73 Å². The molecule has 0 radical (unpaired) electrons. The van der Waals surface area contributed by atoms with Crippen molar-refractivity contribution >= 4 is 33.9 Å². The Kier molecular flexibility index (Phi) is 2.77. The van der Waals surface area contributed by atoms with E-state index >= 15 is 0 Å². The third-order valence-corrected chi connectivity index (χ3v) is 4.96. The maximum Gasteiger partial charge on any atom is 0.135 e. The molecule has 3 heterocycles. The zero-order valence-electron chi connectivity index (χ0n) is 13.4. The van der Waals surface area contributed by atoms with Crippen LogP contribution in [0.4, 0.5) is 5.82 Å². The Morgan fingerprint density at radius 1 is 1.28 bits per heavy atom. The number of hydrogen-bond donors (Lipinski definition) is 2. The standard InChI is InChI=1S/C18H16N6O/c19-17-13-8-24(9-18(10-25)4-5-18)23-16(13)12-2-1-11(7-15(12)21-17)14-3-6-20-22-14/h1-3,6-8,10H,4-5,9H2,(H2,19,21)(H,20,22). The molecule has 0 aliphatic heterocycles. The average Bonchev–Trinajstić information content (AvgIpc) is 3.01. The highest BCUT2D eigenvalue weighted by Gasteiger charge is 2.43. The van der Waals surface area contributed by atoms with Gasteiger partial charge < -0.3 is 10.5 Å². The Bertz CT molecular complexity index is 1110. The molecule has 1 saturated carbocycles. The number of aldehydes is 1. The van der Waals surface area contributed by atoms with Crippen LogP contribution in [0.1, 0.15) is 12.8 Å². The van der Waals surface area contributed by atoms with E-state index in [2.05, 4.69) is 20.3 Å². The summed E-state index contributed by atoms with van der Waals surface area (Å²) in [6.07, 6.45) is 6.51. The van der Waals surface area contributed by atoms with Crippen molar-refractivity contribution in [2.75, 3.05) is 5.73 Å². The smallest absolute Gasteiger partial charge is 0.135 e. The van der Waals surface area contributed by atoms with Crippen molar-refractivity contribution in [2.45, 2.75) is 19.4 Å². The first-order valence-corrected chi connectivity index (χ1v) is 8.20. The monoisotopic (exact) mass is 332 g/mol. The SMILES string of the molecule is Nc1nc2cc(-c3ccn[nH]3)ccc2c2nn(CC3(C=O)CC3)cc12. The number of nitrogens with zero attached hydrogens (tertiary/aromatic N) is 4. The summed E-state index contributed by atoms with van der Waals surface area (Å²) in [6, 6.07) is 7.90. The topological polar surface area (TPSA) is 102 Å². The number of anilines is 1. The number of H-pyrrole nitrogens is 1. The second-order valence-corrected chi connectivity index (χ2v) is 6.77. The van der Waals surface area contributed by atoms with Crippen molar-refractivity contribution in [3.63, 3.8) is 0 Å². The van der Waals surface area contributed by atoms with E-state index in [0.29, 0.717) is 12.4 Å². The lowest BCUT2D eigenvalue weighted by Gasteiger charge is -2.05. The van der Waals surface area contributed by atoms with Crippen molar-refractivity contribution in [3.05, 3.63) is 36.7 Å². The van der Waals surface area contributed by atoms with E-state index in [1.807, 2.05) is 35.1 Å². The molecule has 7 heteroatoms. The van der Waals surface area contributed by atoms with Gasteiger partial charge in [-0.2, -0.15) is 10.2 Å². The summed E-state index contributed by atoms with van der Waals surface area (Å²) in [5.41, 5.74) is 9.45. The Balaban J connectivity index is 1.66. The van der Waals surface area contributed by atoms with E-state index in [-0.39, 0.29) is 5.41 Å². The predicted octanol–water partition coefficient (Wildman–Crippen LogP) is 2.54. The molecule has 0 atom stereocenters. The molecule has 1 aliphatic carbocycles. The maximum absolute atomic E-state index is 11.3. The van der Waals surface area contributed by atoms with E-state index in [1.165, 1.54) is 0 Å². The number of nitrogens with two attached hydrogens (primary N) is 1. The fourth-order valence-electron chi connectivity index (χ4n) is 3.28. The first-order chi connectivity index (χ1) is 12.2. The summed E-state index contributed by atoms with van der Waals surface area (Å²) in [5, 5.41) is 13.4. The number of nitrogens with one attached hydrogen (secondary N) is 1. The van der Waals surface area contributed by atoms with Crippen molar-refractivity contribution in [1.82, 2.24) is 25.0 Å². The van der Waals surface area contributed by atoms with E-state index in [9.17, 15) is 4.79 Å². The largest absolute Gasteiger partial charge is 0.383 e. The molecule has 25 heavy (non-hydrogen) atoms. The van der Waals surface area contributed by atoms with Crippen molar-refractivity contribution in [3.8, 4) is 11.3 Å². The van der Waals surface area contributed by atoms with Gasteiger partial charge in [0.05, 0.1) is 23.1 Å². The Labute approximate surface area is 142 Å². The van der Waals surface area contributed by atoms with Gasteiger partial charge in [0, 0.05) is 28.8 Å². The highest BCUT2D eigenvalue weighted by Crippen LogP contribution is 2.45. The highest BCUT2D eigenvalue weighted by molar-refractivity contribution is 6.08.